The van der Waals surface area contributed by atoms with E-state index in [4.69, 9.17) is 5.73 Å². The fourth-order valence-corrected chi connectivity index (χ4v) is 3.01. The monoisotopic (exact) mass is 289 g/mol. The smallest absolute Gasteiger partial charge is 0.267 e. The lowest BCUT2D eigenvalue weighted by Crippen LogP contribution is -2.14. The van der Waals surface area contributed by atoms with Gasteiger partial charge in [0.1, 0.15) is 10.7 Å². The molecule has 0 saturated carbocycles. The number of benzene rings is 1. The van der Waals surface area contributed by atoms with Crippen LogP contribution in [0.5, 0.6) is 0 Å². The summed E-state index contributed by atoms with van der Waals surface area (Å²) < 4.78 is 27.0. The number of hydrogen-bond acceptors (Lipinski definition) is 5. The Hall–Kier alpha value is -2.61. The van der Waals surface area contributed by atoms with Gasteiger partial charge in [0, 0.05) is 23.2 Å². The highest BCUT2D eigenvalue weighted by atomic mass is 32.2. The molecular weight excluding hydrogens is 278 g/mol. The molecule has 0 saturated heterocycles. The van der Waals surface area contributed by atoms with Gasteiger partial charge in [-0.1, -0.05) is 12.1 Å². The van der Waals surface area contributed by atoms with Gasteiger partial charge in [-0.05, 0) is 12.1 Å². The van der Waals surface area contributed by atoms with Crippen LogP contribution in [0.2, 0.25) is 0 Å². The molecule has 8 heteroatoms. The molecule has 3 aromatic rings. The van der Waals surface area contributed by atoms with Crippen LogP contribution in [0.25, 0.3) is 10.8 Å². The molecule has 0 radical (unpaired) electrons. The number of nitrogens with zero attached hydrogens (tertiary/aromatic N) is 2. The Morgan fingerprint density at radius 1 is 1.20 bits per heavy atom. The number of nitrogens with one attached hydrogen (secondary N) is 2. The Kier molecular flexibility index (Phi) is 2.79. The van der Waals surface area contributed by atoms with Gasteiger partial charge in [0.05, 0.1) is 11.9 Å². The van der Waals surface area contributed by atoms with Gasteiger partial charge in [-0.25, -0.2) is 8.42 Å². The van der Waals surface area contributed by atoms with Crippen molar-refractivity contribution in [2.45, 2.75) is 4.90 Å². The average molecular weight is 289 g/mol. The molecule has 20 heavy (non-hydrogen) atoms. The van der Waals surface area contributed by atoms with E-state index in [1.807, 2.05) is 6.07 Å². The first kappa shape index (κ1) is 12.4. The molecule has 0 amide bonds. The maximum Gasteiger partial charge on any atom is 0.267 e. The van der Waals surface area contributed by atoms with Crippen LogP contribution >= 0.6 is 0 Å². The predicted octanol–water partition coefficient (Wildman–Crippen LogP) is 1.34. The number of pyridine rings is 1. The number of aromatic nitrogens is 3. The molecule has 0 fully saturated rings. The number of nitrogen functional groups attached to an aromatic ring is 1. The fraction of sp³-hybridized carbons (Fsp3) is 0. The first-order chi connectivity index (χ1) is 9.58. The van der Waals surface area contributed by atoms with Crippen LogP contribution in [0.15, 0.2) is 47.8 Å². The first-order valence-electron chi connectivity index (χ1n) is 5.72. The fourth-order valence-electron chi connectivity index (χ4n) is 1.91. The molecule has 1 aromatic carbocycles. The molecule has 102 valence electrons. The highest BCUT2D eigenvalue weighted by molar-refractivity contribution is 7.92. The minimum Gasteiger partial charge on any atom is -0.383 e. The van der Waals surface area contributed by atoms with Crippen molar-refractivity contribution in [1.29, 1.82) is 0 Å². The van der Waals surface area contributed by atoms with Crippen LogP contribution in [-0.4, -0.2) is 23.6 Å². The summed E-state index contributed by atoms with van der Waals surface area (Å²) in [5.74, 6) is -0.000552. The molecule has 4 N–H and O–H groups in total. The molecule has 7 nitrogen and oxygen atoms in total. The van der Waals surface area contributed by atoms with Crippen LogP contribution < -0.4 is 10.5 Å². The lowest BCUT2D eigenvalue weighted by molar-refractivity contribution is 0.601. The molecule has 0 unspecified atom stereocenters. The van der Waals surface area contributed by atoms with Crippen LogP contribution in [0.1, 0.15) is 0 Å². The van der Waals surface area contributed by atoms with E-state index in [0.29, 0.717) is 5.69 Å². The summed E-state index contributed by atoms with van der Waals surface area (Å²) in [7, 11) is -3.78. The summed E-state index contributed by atoms with van der Waals surface area (Å²) >= 11 is 0. The normalized spacial score (nSPS) is 11.6. The number of rotatable bonds is 3. The highest BCUT2D eigenvalue weighted by Crippen LogP contribution is 2.25. The van der Waals surface area contributed by atoms with Gasteiger partial charge >= 0.3 is 0 Å². The quantitative estimate of drug-likeness (QED) is 0.673. The van der Waals surface area contributed by atoms with Gasteiger partial charge in [0.2, 0.25) is 0 Å². The molecule has 0 bridgehead atoms. The Bertz CT molecular complexity index is 867. The van der Waals surface area contributed by atoms with Crippen LogP contribution in [0, 0.1) is 0 Å². The number of anilines is 2. The van der Waals surface area contributed by atoms with Crippen molar-refractivity contribution in [3.63, 3.8) is 0 Å². The van der Waals surface area contributed by atoms with Crippen molar-refractivity contribution in [2.24, 2.45) is 0 Å². The van der Waals surface area contributed by atoms with E-state index in [2.05, 4.69) is 19.9 Å². The minimum absolute atomic E-state index is 0.000552. The van der Waals surface area contributed by atoms with Gasteiger partial charge in [-0.3, -0.25) is 14.8 Å². The summed E-state index contributed by atoms with van der Waals surface area (Å²) in [6.07, 6.45) is 4.44. The van der Waals surface area contributed by atoms with Gasteiger partial charge in [-0.2, -0.15) is 5.10 Å². The Morgan fingerprint density at radius 2 is 2.05 bits per heavy atom. The molecule has 0 aliphatic rings. The van der Waals surface area contributed by atoms with E-state index in [9.17, 15) is 8.42 Å². The van der Waals surface area contributed by atoms with Gasteiger partial charge in [-0.15, -0.1) is 0 Å². The molecule has 0 aliphatic heterocycles. The molecule has 2 heterocycles. The van der Waals surface area contributed by atoms with Crippen molar-refractivity contribution in [3.8, 4) is 0 Å². The maximum atomic E-state index is 12.3. The standard InChI is InChI=1S/C12H11N5O2S/c13-12-11(7-15-16-12)20(18,19)17-10-3-1-2-8-6-14-5-4-9(8)10/h1-7,17H,(H3,13,15,16). The van der Waals surface area contributed by atoms with E-state index in [0.717, 1.165) is 10.8 Å². The second-order valence-corrected chi connectivity index (χ2v) is 5.81. The Morgan fingerprint density at radius 3 is 2.80 bits per heavy atom. The lowest BCUT2D eigenvalue weighted by atomic mass is 10.1. The number of aromatic amines is 1. The summed E-state index contributed by atoms with van der Waals surface area (Å²) in [5.41, 5.74) is 6.01. The second-order valence-electron chi connectivity index (χ2n) is 4.16. The molecule has 0 atom stereocenters. The molecular formula is C12H11N5O2S. The van der Waals surface area contributed by atoms with Crippen LogP contribution in [0.3, 0.4) is 0 Å². The first-order valence-corrected chi connectivity index (χ1v) is 7.20. The van der Waals surface area contributed by atoms with Crippen LogP contribution in [-0.2, 0) is 10.0 Å². The van der Waals surface area contributed by atoms with E-state index in [1.165, 1.54) is 6.20 Å². The molecule has 0 spiro atoms. The van der Waals surface area contributed by atoms with E-state index in [1.54, 1.807) is 30.6 Å². The lowest BCUT2D eigenvalue weighted by Gasteiger charge is -2.09. The van der Waals surface area contributed by atoms with Crippen molar-refractivity contribution >= 4 is 32.3 Å². The Labute approximate surface area is 114 Å². The summed E-state index contributed by atoms with van der Waals surface area (Å²) in [6, 6.07) is 7.02. The number of fused-ring (bicyclic) bond motifs is 1. The van der Waals surface area contributed by atoms with Crippen LogP contribution in [0.4, 0.5) is 11.5 Å². The van der Waals surface area contributed by atoms with Crippen molar-refractivity contribution in [3.05, 3.63) is 42.9 Å². The van der Waals surface area contributed by atoms with Gasteiger partial charge in [0.15, 0.2) is 0 Å². The zero-order valence-electron chi connectivity index (χ0n) is 10.2. The predicted molar refractivity (Wildman–Crippen MR) is 75.6 cm³/mol. The number of sulfonamides is 1. The molecule has 3 rings (SSSR count). The average Bonchev–Trinajstić information content (AvgIpc) is 2.86. The van der Waals surface area contributed by atoms with E-state index >= 15 is 0 Å². The zero-order chi connectivity index (χ0) is 14.2. The van der Waals surface area contributed by atoms with Crippen molar-refractivity contribution in [2.75, 3.05) is 10.5 Å². The van der Waals surface area contributed by atoms with E-state index in [-0.39, 0.29) is 10.7 Å². The topological polar surface area (TPSA) is 114 Å². The summed E-state index contributed by atoms with van der Waals surface area (Å²) in [5, 5.41) is 7.61. The third-order valence-electron chi connectivity index (χ3n) is 2.85. The third-order valence-corrected chi connectivity index (χ3v) is 4.24. The molecule has 2 aromatic heterocycles. The third kappa shape index (κ3) is 2.05. The maximum absolute atomic E-state index is 12.3. The van der Waals surface area contributed by atoms with E-state index < -0.39 is 10.0 Å². The van der Waals surface area contributed by atoms with Crippen molar-refractivity contribution in [1.82, 2.24) is 15.2 Å². The number of nitrogens with two attached hydrogens (primary N) is 1. The second kappa shape index (κ2) is 4.49. The van der Waals surface area contributed by atoms with Crippen molar-refractivity contribution < 1.29 is 8.42 Å². The summed E-state index contributed by atoms with van der Waals surface area (Å²) in [6.45, 7) is 0. The number of hydrogen-bond donors (Lipinski definition) is 3. The van der Waals surface area contributed by atoms with Gasteiger partial charge in [0.25, 0.3) is 10.0 Å². The molecule has 0 aliphatic carbocycles. The minimum atomic E-state index is -3.78. The zero-order valence-corrected chi connectivity index (χ0v) is 11.1. The highest BCUT2D eigenvalue weighted by Gasteiger charge is 2.20. The largest absolute Gasteiger partial charge is 0.383 e. The van der Waals surface area contributed by atoms with Gasteiger partial charge < -0.3 is 5.73 Å². The summed E-state index contributed by atoms with van der Waals surface area (Å²) in [4.78, 5) is 3.92. The number of H-pyrrole nitrogens is 1. The Balaban J connectivity index is 2.08. The SMILES string of the molecule is Nc1[nH]ncc1S(=O)(=O)Nc1cccc2cnccc12.